The van der Waals surface area contributed by atoms with E-state index in [-0.39, 0.29) is 47.0 Å². The molecule has 0 bridgehead atoms. The number of carbonyl (C=O) groups excluding carboxylic acids is 7. The number of benzene rings is 1. The van der Waals surface area contributed by atoms with E-state index in [0.717, 1.165) is 17.0 Å². The van der Waals surface area contributed by atoms with Gasteiger partial charge in [0.15, 0.2) is 12.0 Å². The molecule has 3 aliphatic heterocycles. The molecule has 12 unspecified atom stereocenters. The SMILES string of the molecule is CNC1CC(O)C(O)NC(=O)C2C(O)CCN2C(=O)C(C(O)CC(N)=O)NC(=O)C(C(O)Cc2ccc(O)c(O[S-](=O)=O)c2)NC(=O)C2CC(O)CN2C(=O)C(CO)NC1=O.O.[Na+]. The van der Waals surface area contributed by atoms with Gasteiger partial charge in [-0.25, -0.2) is 0 Å². The number of aliphatic hydroxyl groups is 7. The van der Waals surface area contributed by atoms with E-state index in [0.29, 0.717) is 4.90 Å². The molecule has 3 saturated heterocycles. The minimum absolute atomic E-state index is 0. The Morgan fingerprint density at radius 1 is 0.889 bits per heavy atom. The number of carbonyl (C=O) groups is 7. The van der Waals surface area contributed by atoms with Crippen LogP contribution in [0.2, 0.25) is 0 Å². The summed E-state index contributed by atoms with van der Waals surface area (Å²) in [6, 6.07) is -8.03. The van der Waals surface area contributed by atoms with Gasteiger partial charge in [-0.1, -0.05) is 6.07 Å². The van der Waals surface area contributed by atoms with Crippen LogP contribution in [0.1, 0.15) is 31.2 Å². The van der Waals surface area contributed by atoms with Crippen molar-refractivity contribution in [1.29, 1.82) is 0 Å². The molecule has 1 aromatic carbocycles. The number of nitrogens with zero attached hydrogens (tertiary/aromatic N) is 2. The summed E-state index contributed by atoms with van der Waals surface area (Å²) >= 11 is 0. The second kappa shape index (κ2) is 24.1. The Morgan fingerprint density at radius 3 is 2.14 bits per heavy atom. The summed E-state index contributed by atoms with van der Waals surface area (Å²) in [6.07, 6.45) is -14.4. The van der Waals surface area contributed by atoms with Crippen LogP contribution in [0.15, 0.2) is 18.2 Å². The number of nitrogens with one attached hydrogen (secondary N) is 5. The standard InChI is InChI=1S/C34H49N8O18S.Na.H2O/c1-36-15-9-22(49)30(53)40-32(55)27-19(46)4-5-41(27)34(57)26(21(48)10-24(35)50)39-31(54)25(20(47)6-13-2-3-18(45)23(7-13)60-61(58)59)38-29(52)17-8-14(44)11-42(17)33(56)16(12-43)37-28(15)51;;/h2-3,7,14-17,19-22,25-27,30,36,43-49,53H,4-6,8-12H2,1H3,(H2,35,50)(H,37,51)(H,38,52)(H,39,54)(H,40,55);;1H2/q-1;+1;. The molecule has 7 amide bonds. The van der Waals surface area contributed by atoms with E-state index in [1.165, 1.54) is 13.1 Å². The molecule has 3 fully saturated rings. The van der Waals surface area contributed by atoms with Gasteiger partial charge in [0.1, 0.15) is 53.0 Å². The summed E-state index contributed by atoms with van der Waals surface area (Å²) in [5.41, 5.74) is 5.25. The number of phenolic OH excluding ortho intramolecular Hbond substituents is 1. The molecule has 12 atom stereocenters. The molecule has 3 aliphatic rings. The van der Waals surface area contributed by atoms with Crippen molar-refractivity contribution in [3.8, 4) is 11.5 Å². The van der Waals surface area contributed by atoms with Crippen molar-refractivity contribution in [2.75, 3.05) is 26.7 Å². The van der Waals surface area contributed by atoms with Gasteiger partial charge in [-0.15, -0.1) is 0 Å². The first kappa shape index (κ1) is 54.8. The van der Waals surface area contributed by atoms with Crippen LogP contribution in [0.4, 0.5) is 0 Å². The number of fused-ring (bicyclic) bond motifs is 2. The van der Waals surface area contributed by atoms with Gasteiger partial charge in [-0.05, 0) is 31.2 Å². The molecule has 0 saturated carbocycles. The maximum atomic E-state index is 14.2. The average Bonchev–Trinajstić information content (AvgIpc) is 3.78. The van der Waals surface area contributed by atoms with Crippen LogP contribution in [0.5, 0.6) is 11.5 Å². The Morgan fingerprint density at radius 2 is 1.54 bits per heavy atom. The van der Waals surface area contributed by atoms with E-state index in [1.54, 1.807) is 0 Å². The Labute approximate surface area is 382 Å². The number of hydrogen-bond acceptors (Lipinski definition) is 20. The Kier molecular flexibility index (Phi) is 21.0. The Bertz CT molecular complexity index is 1910. The van der Waals surface area contributed by atoms with Crippen LogP contribution >= 0.6 is 0 Å². The molecule has 17 N–H and O–H groups in total. The first-order chi connectivity index (χ1) is 28.7. The average molecular weight is 931 g/mol. The quantitative estimate of drug-likeness (QED) is 0.0765. The van der Waals surface area contributed by atoms with Crippen LogP contribution in [0.3, 0.4) is 0 Å². The van der Waals surface area contributed by atoms with Gasteiger partial charge >= 0.3 is 29.6 Å². The van der Waals surface area contributed by atoms with Gasteiger partial charge in [-0.2, -0.15) is 0 Å². The smallest absolute Gasteiger partial charge is 0.530 e. The Balaban J connectivity index is 0.00000683. The molecule has 0 radical (unpaired) electrons. The van der Waals surface area contributed by atoms with Crippen LogP contribution < -0.4 is 66.1 Å². The number of aromatic hydroxyl groups is 1. The molecule has 29 heteroatoms. The number of aliphatic hydroxyl groups excluding tert-OH is 7. The maximum Gasteiger partial charge on any atom is 1.00 e. The fraction of sp³-hybridized carbons (Fsp3) is 0.618. The van der Waals surface area contributed by atoms with Crippen molar-refractivity contribution in [2.45, 2.75) is 105 Å². The van der Waals surface area contributed by atoms with E-state index in [1.807, 2.05) is 5.32 Å². The number of nitrogens with two attached hydrogens (primary N) is 1. The largest absolute Gasteiger partial charge is 1.00 e. The molecule has 27 nitrogen and oxygen atoms in total. The predicted molar refractivity (Wildman–Crippen MR) is 203 cm³/mol. The van der Waals surface area contributed by atoms with Gasteiger partial charge in [0.2, 0.25) is 41.4 Å². The zero-order valence-corrected chi connectivity index (χ0v) is 36.7. The van der Waals surface area contributed by atoms with E-state index >= 15 is 0 Å². The molecule has 63 heavy (non-hydrogen) atoms. The number of phenols is 1. The third-order valence-corrected chi connectivity index (χ3v) is 10.6. The van der Waals surface area contributed by atoms with E-state index < -0.39 is 182 Å². The first-order valence-electron chi connectivity index (χ1n) is 18.7. The van der Waals surface area contributed by atoms with Crippen molar-refractivity contribution < 1.29 is 122 Å². The zero-order valence-electron chi connectivity index (χ0n) is 33.9. The van der Waals surface area contributed by atoms with Gasteiger partial charge in [0, 0.05) is 32.4 Å². The molecule has 0 aromatic heterocycles. The molecular formula is C34H51N8NaO19S. The first-order valence-corrected chi connectivity index (χ1v) is 19.7. The van der Waals surface area contributed by atoms with Crippen LogP contribution in [-0.4, -0.2) is 197 Å². The van der Waals surface area contributed by atoms with Crippen LogP contribution in [0.25, 0.3) is 0 Å². The van der Waals surface area contributed by atoms with Gasteiger partial charge in [0.05, 0.1) is 43.5 Å². The number of primary amides is 1. The van der Waals surface area contributed by atoms with Crippen LogP contribution in [-0.2, 0) is 59.4 Å². The molecule has 0 aliphatic carbocycles. The second-order valence-corrected chi connectivity index (χ2v) is 15.2. The van der Waals surface area contributed by atoms with Crippen molar-refractivity contribution in [1.82, 2.24) is 36.4 Å². The van der Waals surface area contributed by atoms with Gasteiger partial charge < -0.3 is 101 Å². The summed E-state index contributed by atoms with van der Waals surface area (Å²) < 4.78 is 26.8. The summed E-state index contributed by atoms with van der Waals surface area (Å²) in [7, 11) is -1.91. The fourth-order valence-electron chi connectivity index (χ4n) is 7.20. The molecule has 3 heterocycles. The molecule has 1 aromatic rings. The van der Waals surface area contributed by atoms with E-state index in [4.69, 9.17) is 5.73 Å². The van der Waals surface area contributed by atoms with Crippen LogP contribution in [0, 0.1) is 0 Å². The fourth-order valence-corrected chi connectivity index (χ4v) is 7.48. The predicted octanol–water partition coefficient (Wildman–Crippen LogP) is -12.5. The van der Waals surface area contributed by atoms with Crippen molar-refractivity contribution >= 4 is 52.3 Å². The Hall–Kier alpha value is -4.30. The molecule has 4 rings (SSSR count). The summed E-state index contributed by atoms with van der Waals surface area (Å²) in [4.78, 5) is 96.2. The monoisotopic (exact) mass is 930 g/mol. The molecule has 0 spiro atoms. The number of amides is 7. The third kappa shape index (κ3) is 13.8. The normalized spacial score (nSPS) is 29.9. The number of hydrogen-bond donors (Lipinski definition) is 14. The van der Waals surface area contributed by atoms with Crippen molar-refractivity contribution in [3.05, 3.63) is 23.8 Å². The number of likely N-dealkylation sites (N-methyl/N-ethyl adjacent to an activating group) is 1. The van der Waals surface area contributed by atoms with Gasteiger partial charge in [-0.3, -0.25) is 33.6 Å². The molecule has 348 valence electrons. The number of rotatable bonds is 10. The van der Waals surface area contributed by atoms with Crippen molar-refractivity contribution in [2.24, 2.45) is 5.73 Å². The van der Waals surface area contributed by atoms with Gasteiger partial charge in [0.25, 0.3) is 0 Å². The zero-order chi connectivity index (χ0) is 45.5. The summed E-state index contributed by atoms with van der Waals surface area (Å²) in [6.45, 7) is -2.02. The van der Waals surface area contributed by atoms with Crippen molar-refractivity contribution in [3.63, 3.8) is 0 Å². The summed E-state index contributed by atoms with van der Waals surface area (Å²) in [5.74, 6) is -9.83. The topological polar surface area (TPSA) is 449 Å². The van der Waals surface area contributed by atoms with E-state index in [9.17, 15) is 82.8 Å². The minimum Gasteiger partial charge on any atom is -0.530 e. The minimum atomic E-state index is -3.17. The van der Waals surface area contributed by atoms with E-state index in [2.05, 4.69) is 25.5 Å². The third-order valence-electron chi connectivity index (χ3n) is 10.3. The second-order valence-electron chi connectivity index (χ2n) is 14.6. The summed E-state index contributed by atoms with van der Waals surface area (Å²) in [5, 5.41) is 96.8. The molecular weight excluding hydrogens is 879 g/mol. The maximum absolute atomic E-state index is 14.2.